The summed E-state index contributed by atoms with van der Waals surface area (Å²) in [4.78, 5) is 0. The highest BCUT2D eigenvalue weighted by atomic mass is 32.2. The molecular weight excluding hydrogens is 280 g/mol. The molecule has 0 aliphatic heterocycles. The first-order valence-corrected chi connectivity index (χ1v) is 10.3. The summed E-state index contributed by atoms with van der Waals surface area (Å²) in [6.07, 6.45) is 13.4. The zero-order valence-electron chi connectivity index (χ0n) is 14.5. The third-order valence-electron chi connectivity index (χ3n) is 3.53. The molecule has 3 heteroatoms. The Balaban J connectivity index is 2.90. The van der Waals surface area contributed by atoms with Crippen LogP contribution in [0.2, 0.25) is 0 Å². The minimum atomic E-state index is 0.756. The predicted octanol–water partition coefficient (Wildman–Crippen LogP) is 5.69. The van der Waals surface area contributed by atoms with Gasteiger partial charge in [-0.05, 0) is 18.6 Å². The summed E-state index contributed by atoms with van der Waals surface area (Å²) < 4.78 is 11.1. The van der Waals surface area contributed by atoms with Crippen molar-refractivity contribution < 1.29 is 9.47 Å². The Labute approximate surface area is 137 Å². The van der Waals surface area contributed by atoms with E-state index in [1.165, 1.54) is 70.0 Å². The summed E-state index contributed by atoms with van der Waals surface area (Å²) >= 11 is 2.02. The molecule has 0 aromatic carbocycles. The second-order valence-corrected chi connectivity index (χ2v) is 6.89. The first kappa shape index (κ1) is 21.3. The molecule has 0 fully saturated rings. The van der Waals surface area contributed by atoms with E-state index < -0.39 is 0 Å². The Bertz CT molecular complexity index is 159. The number of rotatable bonds is 18. The van der Waals surface area contributed by atoms with Crippen LogP contribution in [0.25, 0.3) is 0 Å². The normalized spacial score (nSPS) is 11.1. The molecule has 0 bridgehead atoms. The fraction of sp³-hybridized carbons (Fsp3) is 1.00. The Hall–Kier alpha value is 0.270. The Kier molecular flexibility index (Phi) is 20.5. The lowest BCUT2D eigenvalue weighted by Gasteiger charge is -2.06. The van der Waals surface area contributed by atoms with Crippen LogP contribution in [0.5, 0.6) is 0 Å². The van der Waals surface area contributed by atoms with Gasteiger partial charge in [0.1, 0.15) is 0 Å². The summed E-state index contributed by atoms with van der Waals surface area (Å²) in [5, 5.41) is 0. The monoisotopic (exact) mass is 318 g/mol. The van der Waals surface area contributed by atoms with Gasteiger partial charge in [0.15, 0.2) is 0 Å². The van der Waals surface area contributed by atoms with Gasteiger partial charge in [0.2, 0.25) is 0 Å². The molecule has 0 amide bonds. The van der Waals surface area contributed by atoms with E-state index in [-0.39, 0.29) is 0 Å². The van der Waals surface area contributed by atoms with Gasteiger partial charge in [0, 0.05) is 12.4 Å². The smallest absolute Gasteiger partial charge is 0.0700 e. The van der Waals surface area contributed by atoms with Crippen molar-refractivity contribution in [1.29, 1.82) is 0 Å². The minimum absolute atomic E-state index is 0.756. The van der Waals surface area contributed by atoms with Gasteiger partial charge in [-0.3, -0.25) is 0 Å². The molecular formula is C18H38O2S. The van der Waals surface area contributed by atoms with Gasteiger partial charge < -0.3 is 9.47 Å². The number of unbranched alkanes of at least 4 members (excludes halogenated alkanes) is 8. The van der Waals surface area contributed by atoms with Crippen molar-refractivity contribution in [3.63, 3.8) is 0 Å². The largest absolute Gasteiger partial charge is 0.379 e. The van der Waals surface area contributed by atoms with Crippen LogP contribution in [-0.2, 0) is 9.47 Å². The Morgan fingerprint density at radius 3 is 1.76 bits per heavy atom. The highest BCUT2D eigenvalue weighted by Gasteiger charge is 1.94. The summed E-state index contributed by atoms with van der Waals surface area (Å²) in [6, 6.07) is 0. The van der Waals surface area contributed by atoms with Crippen molar-refractivity contribution in [1.82, 2.24) is 0 Å². The number of ether oxygens (including phenoxy) is 2. The van der Waals surface area contributed by atoms with E-state index in [1.807, 2.05) is 11.8 Å². The van der Waals surface area contributed by atoms with Crippen LogP contribution in [0.4, 0.5) is 0 Å². The van der Waals surface area contributed by atoms with Crippen molar-refractivity contribution >= 4 is 11.8 Å². The Morgan fingerprint density at radius 2 is 1.10 bits per heavy atom. The van der Waals surface area contributed by atoms with Crippen LogP contribution in [0, 0.1) is 0 Å². The maximum Gasteiger partial charge on any atom is 0.0700 e. The topological polar surface area (TPSA) is 18.5 Å². The summed E-state index contributed by atoms with van der Waals surface area (Å²) in [7, 11) is 0. The molecule has 0 N–H and O–H groups in total. The van der Waals surface area contributed by atoms with E-state index in [2.05, 4.69) is 13.8 Å². The average molecular weight is 319 g/mol. The molecule has 2 nitrogen and oxygen atoms in total. The van der Waals surface area contributed by atoms with Crippen LogP contribution >= 0.6 is 11.8 Å². The standard InChI is InChI=1S/C18H38O2S/c1-3-5-7-9-11-13-19-14-15-20-16-18-21-17-12-10-8-6-4-2/h3-18H2,1-2H3. The van der Waals surface area contributed by atoms with Crippen molar-refractivity contribution in [2.24, 2.45) is 0 Å². The van der Waals surface area contributed by atoms with Gasteiger partial charge in [0.05, 0.1) is 19.8 Å². The number of hydrogen-bond donors (Lipinski definition) is 0. The average Bonchev–Trinajstić information content (AvgIpc) is 2.50. The number of hydrogen-bond acceptors (Lipinski definition) is 3. The molecule has 0 rings (SSSR count). The lowest BCUT2D eigenvalue weighted by molar-refractivity contribution is 0.0522. The molecule has 0 aliphatic carbocycles. The van der Waals surface area contributed by atoms with Crippen LogP contribution in [-0.4, -0.2) is 37.9 Å². The summed E-state index contributed by atoms with van der Waals surface area (Å²) in [6.45, 7) is 7.81. The van der Waals surface area contributed by atoms with Gasteiger partial charge in [-0.1, -0.05) is 65.2 Å². The second kappa shape index (κ2) is 20.3. The van der Waals surface area contributed by atoms with Gasteiger partial charge in [-0.25, -0.2) is 0 Å². The van der Waals surface area contributed by atoms with E-state index >= 15 is 0 Å². The molecule has 0 spiro atoms. The zero-order valence-corrected chi connectivity index (χ0v) is 15.4. The quantitative estimate of drug-likeness (QED) is 0.302. The van der Waals surface area contributed by atoms with E-state index in [0.717, 1.165) is 32.2 Å². The van der Waals surface area contributed by atoms with Crippen molar-refractivity contribution in [3.05, 3.63) is 0 Å². The molecule has 0 unspecified atom stereocenters. The van der Waals surface area contributed by atoms with E-state index in [0.29, 0.717) is 0 Å². The van der Waals surface area contributed by atoms with Crippen LogP contribution in [0.3, 0.4) is 0 Å². The fourth-order valence-electron chi connectivity index (χ4n) is 2.16. The maximum absolute atomic E-state index is 5.58. The molecule has 21 heavy (non-hydrogen) atoms. The van der Waals surface area contributed by atoms with Crippen LogP contribution < -0.4 is 0 Å². The van der Waals surface area contributed by atoms with Crippen LogP contribution in [0.1, 0.15) is 78.1 Å². The molecule has 0 saturated carbocycles. The minimum Gasteiger partial charge on any atom is -0.379 e. The van der Waals surface area contributed by atoms with E-state index in [1.54, 1.807) is 0 Å². The summed E-state index contributed by atoms with van der Waals surface area (Å²) in [5.74, 6) is 2.42. The van der Waals surface area contributed by atoms with E-state index in [4.69, 9.17) is 9.47 Å². The van der Waals surface area contributed by atoms with Gasteiger partial charge in [-0.15, -0.1) is 0 Å². The molecule has 0 aromatic heterocycles. The van der Waals surface area contributed by atoms with Crippen molar-refractivity contribution in [2.75, 3.05) is 37.9 Å². The molecule has 128 valence electrons. The number of thioether (sulfide) groups is 1. The maximum atomic E-state index is 5.58. The van der Waals surface area contributed by atoms with Gasteiger partial charge in [0.25, 0.3) is 0 Å². The molecule has 0 heterocycles. The molecule has 0 radical (unpaired) electrons. The summed E-state index contributed by atoms with van der Waals surface area (Å²) in [5.41, 5.74) is 0. The van der Waals surface area contributed by atoms with Crippen molar-refractivity contribution in [2.45, 2.75) is 78.1 Å². The third kappa shape index (κ3) is 20.3. The van der Waals surface area contributed by atoms with Crippen LogP contribution in [0.15, 0.2) is 0 Å². The first-order chi connectivity index (χ1) is 10.4. The molecule has 0 aromatic rings. The first-order valence-electron chi connectivity index (χ1n) is 9.15. The highest BCUT2D eigenvalue weighted by molar-refractivity contribution is 7.99. The molecule has 0 saturated heterocycles. The van der Waals surface area contributed by atoms with Gasteiger partial charge in [-0.2, -0.15) is 11.8 Å². The predicted molar refractivity (Wildman–Crippen MR) is 96.5 cm³/mol. The fourth-order valence-corrected chi connectivity index (χ4v) is 3.01. The van der Waals surface area contributed by atoms with E-state index in [9.17, 15) is 0 Å². The lowest BCUT2D eigenvalue weighted by Crippen LogP contribution is -2.07. The third-order valence-corrected chi connectivity index (χ3v) is 4.56. The Morgan fingerprint density at radius 1 is 0.524 bits per heavy atom. The molecule has 0 atom stereocenters. The zero-order chi connectivity index (χ0) is 15.4. The highest BCUT2D eigenvalue weighted by Crippen LogP contribution is 2.08. The lowest BCUT2D eigenvalue weighted by atomic mass is 10.2. The second-order valence-electron chi connectivity index (χ2n) is 5.67. The SMILES string of the molecule is CCCCCCCOCCOCCSCCCCCCC. The van der Waals surface area contributed by atoms with Crippen molar-refractivity contribution in [3.8, 4) is 0 Å². The molecule has 0 aliphatic rings. The van der Waals surface area contributed by atoms with Gasteiger partial charge >= 0.3 is 0 Å².